The Hall–Kier alpha value is -1.06. The average Bonchev–Trinajstić information content (AvgIpc) is 2.65. The quantitative estimate of drug-likeness (QED) is 0.845. The zero-order valence-corrected chi connectivity index (χ0v) is 9.63. The Morgan fingerprint density at radius 2 is 2.25 bits per heavy atom. The second kappa shape index (κ2) is 4.44. The van der Waals surface area contributed by atoms with Crippen molar-refractivity contribution >= 4 is 17.6 Å². The van der Waals surface area contributed by atoms with Crippen molar-refractivity contribution in [3.63, 3.8) is 0 Å². The summed E-state index contributed by atoms with van der Waals surface area (Å²) in [6.07, 6.45) is 3.52. The monoisotopic (exact) mass is 239 g/mol. The molecule has 4 heteroatoms. The highest BCUT2D eigenvalue weighted by molar-refractivity contribution is 6.30. The van der Waals surface area contributed by atoms with E-state index in [-0.39, 0.29) is 0 Å². The molecule has 16 heavy (non-hydrogen) atoms. The summed E-state index contributed by atoms with van der Waals surface area (Å²) in [5, 5.41) is 9.48. The second-order valence-corrected chi connectivity index (χ2v) is 4.64. The number of nitrogens with two attached hydrogens (primary N) is 1. The molecule has 1 aromatic carbocycles. The predicted octanol–water partition coefficient (Wildman–Crippen LogP) is 1.78. The van der Waals surface area contributed by atoms with Gasteiger partial charge in [-0.15, -0.1) is 0 Å². The van der Waals surface area contributed by atoms with Crippen LogP contribution >= 0.6 is 11.6 Å². The maximum absolute atomic E-state index is 10.7. The number of carboxylic acid groups (broad SMARTS) is 1. The van der Waals surface area contributed by atoms with Gasteiger partial charge in [0.15, 0.2) is 0 Å². The minimum atomic E-state index is -0.966. The van der Waals surface area contributed by atoms with Gasteiger partial charge in [0, 0.05) is 5.02 Å². The van der Waals surface area contributed by atoms with Crippen molar-refractivity contribution in [3.05, 3.63) is 33.8 Å². The molecule has 0 radical (unpaired) electrons. The fraction of sp³-hybridized carbons (Fsp3) is 0.417. The van der Waals surface area contributed by atoms with E-state index in [1.165, 1.54) is 11.1 Å². The molecule has 1 aliphatic carbocycles. The maximum atomic E-state index is 10.7. The molecule has 1 aliphatic rings. The van der Waals surface area contributed by atoms with Crippen LogP contribution in [0.15, 0.2) is 12.1 Å². The molecule has 1 aromatic rings. The third-order valence-electron chi connectivity index (χ3n) is 3.03. The highest BCUT2D eigenvalue weighted by Crippen LogP contribution is 2.29. The van der Waals surface area contributed by atoms with Crippen LogP contribution < -0.4 is 5.73 Å². The van der Waals surface area contributed by atoms with Gasteiger partial charge < -0.3 is 10.8 Å². The van der Waals surface area contributed by atoms with Gasteiger partial charge in [0.1, 0.15) is 6.04 Å². The molecular formula is C12H14ClNO2. The standard InChI is InChI=1S/C12H14ClNO2/c13-9-4-7-2-1-3-10(7)8(5-9)6-11(14)12(15)16/h4-5,11H,1-3,6,14H2,(H,15,16). The van der Waals surface area contributed by atoms with Gasteiger partial charge in [-0.05, 0) is 54.5 Å². The molecule has 2 rings (SSSR count). The molecule has 1 atom stereocenters. The smallest absolute Gasteiger partial charge is 0.320 e. The summed E-state index contributed by atoms with van der Waals surface area (Å²) in [4.78, 5) is 10.7. The van der Waals surface area contributed by atoms with Crippen LogP contribution in [0.1, 0.15) is 23.1 Å². The summed E-state index contributed by atoms with van der Waals surface area (Å²) in [7, 11) is 0. The zero-order valence-electron chi connectivity index (χ0n) is 8.87. The van der Waals surface area contributed by atoms with Gasteiger partial charge in [0.25, 0.3) is 0 Å². The predicted molar refractivity (Wildman–Crippen MR) is 62.8 cm³/mol. The Bertz CT molecular complexity index is 431. The summed E-state index contributed by atoms with van der Waals surface area (Å²) in [6, 6.07) is 2.97. The van der Waals surface area contributed by atoms with Crippen LogP contribution in [0.4, 0.5) is 0 Å². The van der Waals surface area contributed by atoms with Crippen molar-refractivity contribution in [2.24, 2.45) is 5.73 Å². The number of aryl methyl sites for hydroxylation is 1. The fourth-order valence-electron chi connectivity index (χ4n) is 2.26. The van der Waals surface area contributed by atoms with Gasteiger partial charge in [0.05, 0.1) is 0 Å². The normalized spacial score (nSPS) is 15.9. The van der Waals surface area contributed by atoms with Crippen molar-refractivity contribution in [1.82, 2.24) is 0 Å². The minimum absolute atomic E-state index is 0.359. The van der Waals surface area contributed by atoms with E-state index in [4.69, 9.17) is 22.4 Å². The number of carbonyl (C=O) groups is 1. The Kier molecular flexibility index (Phi) is 3.17. The van der Waals surface area contributed by atoms with Crippen molar-refractivity contribution < 1.29 is 9.90 Å². The lowest BCUT2D eigenvalue weighted by atomic mass is 9.98. The molecule has 3 nitrogen and oxygen atoms in total. The van der Waals surface area contributed by atoms with Crippen LogP contribution in [-0.4, -0.2) is 17.1 Å². The third kappa shape index (κ3) is 2.20. The van der Waals surface area contributed by atoms with Crippen LogP contribution in [0.25, 0.3) is 0 Å². The molecule has 3 N–H and O–H groups in total. The molecule has 0 aliphatic heterocycles. The van der Waals surface area contributed by atoms with E-state index in [9.17, 15) is 4.79 Å². The second-order valence-electron chi connectivity index (χ2n) is 4.20. The number of halogens is 1. The summed E-state index contributed by atoms with van der Waals surface area (Å²) in [5.41, 5.74) is 9.05. The summed E-state index contributed by atoms with van der Waals surface area (Å²) < 4.78 is 0. The van der Waals surface area contributed by atoms with E-state index >= 15 is 0 Å². The van der Waals surface area contributed by atoms with E-state index < -0.39 is 12.0 Å². The number of hydrogen-bond donors (Lipinski definition) is 2. The third-order valence-corrected chi connectivity index (χ3v) is 3.25. The van der Waals surface area contributed by atoms with Crippen LogP contribution in [0.2, 0.25) is 5.02 Å². The first kappa shape index (κ1) is 11.4. The van der Waals surface area contributed by atoms with Crippen LogP contribution in [0.5, 0.6) is 0 Å². The number of benzene rings is 1. The number of aliphatic carboxylic acids is 1. The number of rotatable bonds is 3. The van der Waals surface area contributed by atoms with Crippen molar-refractivity contribution in [2.75, 3.05) is 0 Å². The van der Waals surface area contributed by atoms with Gasteiger partial charge in [-0.3, -0.25) is 4.79 Å². The molecule has 0 amide bonds. The first-order valence-electron chi connectivity index (χ1n) is 5.36. The van der Waals surface area contributed by atoms with Crippen LogP contribution in [0.3, 0.4) is 0 Å². The van der Waals surface area contributed by atoms with E-state index in [0.29, 0.717) is 11.4 Å². The topological polar surface area (TPSA) is 63.3 Å². The Morgan fingerprint density at radius 1 is 1.50 bits per heavy atom. The minimum Gasteiger partial charge on any atom is -0.480 e. The molecule has 0 saturated carbocycles. The molecule has 0 heterocycles. The summed E-state index contributed by atoms with van der Waals surface area (Å²) in [6.45, 7) is 0. The average molecular weight is 240 g/mol. The van der Waals surface area contributed by atoms with Gasteiger partial charge in [-0.25, -0.2) is 0 Å². The van der Waals surface area contributed by atoms with E-state index in [1.54, 1.807) is 0 Å². The molecular weight excluding hydrogens is 226 g/mol. The lowest BCUT2D eigenvalue weighted by molar-refractivity contribution is -0.138. The summed E-state index contributed by atoms with van der Waals surface area (Å²) in [5.74, 6) is -0.966. The van der Waals surface area contributed by atoms with Crippen molar-refractivity contribution in [2.45, 2.75) is 31.7 Å². The van der Waals surface area contributed by atoms with Crippen molar-refractivity contribution in [3.8, 4) is 0 Å². The van der Waals surface area contributed by atoms with Gasteiger partial charge in [-0.2, -0.15) is 0 Å². The number of hydrogen-bond acceptors (Lipinski definition) is 2. The number of fused-ring (bicyclic) bond motifs is 1. The first-order chi connectivity index (χ1) is 7.58. The molecule has 0 aromatic heterocycles. The fourth-order valence-corrected chi connectivity index (χ4v) is 2.52. The lowest BCUT2D eigenvalue weighted by Crippen LogP contribution is -2.32. The first-order valence-corrected chi connectivity index (χ1v) is 5.74. The molecule has 0 bridgehead atoms. The lowest BCUT2D eigenvalue weighted by Gasteiger charge is -2.12. The molecule has 0 saturated heterocycles. The van der Waals surface area contributed by atoms with Crippen LogP contribution in [-0.2, 0) is 24.1 Å². The van der Waals surface area contributed by atoms with E-state index in [0.717, 1.165) is 24.8 Å². The van der Waals surface area contributed by atoms with Crippen molar-refractivity contribution in [1.29, 1.82) is 0 Å². The number of carboxylic acids is 1. The Morgan fingerprint density at radius 3 is 2.94 bits per heavy atom. The van der Waals surface area contributed by atoms with Gasteiger partial charge in [-0.1, -0.05) is 11.6 Å². The zero-order chi connectivity index (χ0) is 11.7. The van der Waals surface area contributed by atoms with Crippen LogP contribution in [0, 0.1) is 0 Å². The molecule has 86 valence electrons. The SMILES string of the molecule is NC(Cc1cc(Cl)cc2c1CCC2)C(=O)O. The largest absolute Gasteiger partial charge is 0.480 e. The van der Waals surface area contributed by atoms with Gasteiger partial charge >= 0.3 is 5.97 Å². The Balaban J connectivity index is 2.30. The Labute approximate surface area is 99.2 Å². The highest BCUT2D eigenvalue weighted by Gasteiger charge is 2.19. The van der Waals surface area contributed by atoms with Gasteiger partial charge in [0.2, 0.25) is 0 Å². The molecule has 1 unspecified atom stereocenters. The molecule has 0 spiro atoms. The summed E-state index contributed by atoms with van der Waals surface area (Å²) >= 11 is 6.00. The highest BCUT2D eigenvalue weighted by atomic mass is 35.5. The van der Waals surface area contributed by atoms with E-state index in [2.05, 4.69) is 0 Å². The molecule has 0 fully saturated rings. The van der Waals surface area contributed by atoms with E-state index in [1.807, 2.05) is 12.1 Å². The maximum Gasteiger partial charge on any atom is 0.320 e.